The van der Waals surface area contributed by atoms with Gasteiger partial charge >= 0.3 is 0 Å². The van der Waals surface area contributed by atoms with E-state index in [2.05, 4.69) is 25.3 Å². The monoisotopic (exact) mass is 301 g/mol. The molecule has 0 bridgehead atoms. The molecule has 2 aromatic rings. The van der Waals surface area contributed by atoms with Crippen molar-refractivity contribution in [2.24, 2.45) is 0 Å². The number of hydrogen-bond acceptors (Lipinski definition) is 5. The summed E-state index contributed by atoms with van der Waals surface area (Å²) in [4.78, 5) is 0. The Labute approximate surface area is 115 Å². The number of aromatic amines is 1. The van der Waals surface area contributed by atoms with Crippen LogP contribution in [-0.2, 0) is 22.2 Å². The van der Waals surface area contributed by atoms with Gasteiger partial charge in [0.15, 0.2) is 5.82 Å². The molecule has 0 unspecified atom stereocenters. The number of benzene rings is 1. The van der Waals surface area contributed by atoms with Gasteiger partial charge in [-0.15, -0.1) is 10.2 Å². The molecule has 0 spiro atoms. The minimum Gasteiger partial charge on any atom is -0.214 e. The van der Waals surface area contributed by atoms with Gasteiger partial charge in [-0.1, -0.05) is 28.9 Å². The standard InChI is InChI=1S/C10H12ClN5O2S/c11-9-3-1-8(2-4-9)7-19(17,18)12-6-5-10-13-15-16-14-10/h1-4,12H,5-7H2,(H,13,14,15,16). The van der Waals surface area contributed by atoms with Crippen molar-refractivity contribution in [3.63, 3.8) is 0 Å². The molecule has 0 aliphatic carbocycles. The molecule has 2 N–H and O–H groups in total. The molecule has 9 heteroatoms. The van der Waals surface area contributed by atoms with Crippen LogP contribution in [0.15, 0.2) is 24.3 Å². The van der Waals surface area contributed by atoms with Crippen molar-refractivity contribution in [2.75, 3.05) is 6.54 Å². The Balaban J connectivity index is 1.86. The lowest BCUT2D eigenvalue weighted by Crippen LogP contribution is -2.27. The Bertz CT molecular complexity index is 612. The first-order valence-corrected chi connectivity index (χ1v) is 7.52. The smallest absolute Gasteiger partial charge is 0.214 e. The normalized spacial score (nSPS) is 11.6. The molecular formula is C10H12ClN5O2S. The minimum absolute atomic E-state index is 0.0869. The molecule has 7 nitrogen and oxygen atoms in total. The fourth-order valence-electron chi connectivity index (χ4n) is 1.46. The molecule has 0 amide bonds. The highest BCUT2D eigenvalue weighted by molar-refractivity contribution is 7.88. The lowest BCUT2D eigenvalue weighted by atomic mass is 10.2. The molecule has 1 aromatic carbocycles. The van der Waals surface area contributed by atoms with E-state index in [1.165, 1.54) is 0 Å². The van der Waals surface area contributed by atoms with E-state index in [0.717, 1.165) is 0 Å². The molecule has 1 heterocycles. The van der Waals surface area contributed by atoms with Crippen molar-refractivity contribution in [1.82, 2.24) is 25.3 Å². The third kappa shape index (κ3) is 4.58. The van der Waals surface area contributed by atoms with E-state index in [1.54, 1.807) is 24.3 Å². The van der Waals surface area contributed by atoms with Crippen LogP contribution >= 0.6 is 11.6 Å². The van der Waals surface area contributed by atoms with E-state index in [9.17, 15) is 8.42 Å². The number of sulfonamides is 1. The van der Waals surface area contributed by atoms with Crippen LogP contribution in [0.1, 0.15) is 11.4 Å². The molecule has 1 aromatic heterocycles. The molecule has 0 radical (unpaired) electrons. The molecule has 102 valence electrons. The van der Waals surface area contributed by atoms with Gasteiger partial charge in [0.05, 0.1) is 5.75 Å². The first kappa shape index (κ1) is 13.9. The van der Waals surface area contributed by atoms with E-state index >= 15 is 0 Å². The Morgan fingerprint density at radius 1 is 1.26 bits per heavy atom. The highest BCUT2D eigenvalue weighted by Crippen LogP contribution is 2.11. The SMILES string of the molecule is O=S(=O)(Cc1ccc(Cl)cc1)NCCc1nn[nH]n1. The van der Waals surface area contributed by atoms with Crippen LogP contribution in [0, 0.1) is 0 Å². The quantitative estimate of drug-likeness (QED) is 0.810. The maximum atomic E-state index is 11.8. The highest BCUT2D eigenvalue weighted by atomic mass is 35.5. The van der Waals surface area contributed by atoms with Gasteiger partial charge in [-0.3, -0.25) is 0 Å². The van der Waals surface area contributed by atoms with Crippen LogP contribution in [-0.4, -0.2) is 35.6 Å². The number of H-pyrrole nitrogens is 1. The summed E-state index contributed by atoms with van der Waals surface area (Å²) in [5, 5.41) is 13.7. The van der Waals surface area contributed by atoms with Crippen LogP contribution in [0.2, 0.25) is 5.02 Å². The Morgan fingerprint density at radius 2 is 2.00 bits per heavy atom. The van der Waals surface area contributed by atoms with E-state index in [0.29, 0.717) is 22.8 Å². The molecule has 0 saturated carbocycles. The number of hydrogen-bond donors (Lipinski definition) is 2. The molecule has 2 rings (SSSR count). The van der Waals surface area contributed by atoms with Crippen LogP contribution in [0.25, 0.3) is 0 Å². The summed E-state index contributed by atoms with van der Waals surface area (Å²) in [5.41, 5.74) is 0.677. The third-order valence-electron chi connectivity index (χ3n) is 2.33. The van der Waals surface area contributed by atoms with Gasteiger partial charge in [-0.25, -0.2) is 13.1 Å². The van der Waals surface area contributed by atoms with Gasteiger partial charge in [0.1, 0.15) is 0 Å². The molecule has 19 heavy (non-hydrogen) atoms. The fraction of sp³-hybridized carbons (Fsp3) is 0.300. The summed E-state index contributed by atoms with van der Waals surface area (Å²) in [6.07, 6.45) is 0.385. The predicted octanol–water partition coefficient (Wildman–Crippen LogP) is 0.515. The summed E-state index contributed by atoms with van der Waals surface area (Å²) < 4.78 is 26.1. The summed E-state index contributed by atoms with van der Waals surface area (Å²) in [7, 11) is -3.38. The van der Waals surface area contributed by atoms with Crippen LogP contribution in [0.3, 0.4) is 0 Å². The number of tetrazole rings is 1. The fourth-order valence-corrected chi connectivity index (χ4v) is 2.73. The third-order valence-corrected chi connectivity index (χ3v) is 3.94. The molecule has 0 aliphatic rings. The highest BCUT2D eigenvalue weighted by Gasteiger charge is 2.11. The van der Waals surface area contributed by atoms with Crippen LogP contribution in [0.5, 0.6) is 0 Å². The van der Waals surface area contributed by atoms with Crippen molar-refractivity contribution >= 4 is 21.6 Å². The zero-order valence-electron chi connectivity index (χ0n) is 9.88. The second-order valence-corrected chi connectivity index (χ2v) is 6.10. The molecule has 0 saturated heterocycles. The van der Waals surface area contributed by atoms with Gasteiger partial charge in [0.25, 0.3) is 0 Å². The van der Waals surface area contributed by atoms with Crippen LogP contribution in [0.4, 0.5) is 0 Å². The second-order valence-electron chi connectivity index (χ2n) is 3.86. The Kier molecular flexibility index (Phi) is 4.46. The van der Waals surface area contributed by atoms with E-state index in [-0.39, 0.29) is 12.3 Å². The number of aromatic nitrogens is 4. The number of rotatable bonds is 6. The van der Waals surface area contributed by atoms with Crippen molar-refractivity contribution in [2.45, 2.75) is 12.2 Å². The largest absolute Gasteiger partial charge is 0.215 e. The molecule has 0 atom stereocenters. The second kappa shape index (κ2) is 6.09. The summed E-state index contributed by atoms with van der Waals surface area (Å²) in [5.74, 6) is 0.380. The zero-order chi connectivity index (χ0) is 13.7. The average Bonchev–Trinajstić information content (AvgIpc) is 2.85. The average molecular weight is 302 g/mol. The Morgan fingerprint density at radius 3 is 2.63 bits per heavy atom. The van der Waals surface area contributed by atoms with Gasteiger partial charge in [-0.05, 0) is 17.7 Å². The van der Waals surface area contributed by atoms with Gasteiger partial charge in [0, 0.05) is 18.0 Å². The van der Waals surface area contributed by atoms with E-state index in [4.69, 9.17) is 11.6 Å². The molecular weight excluding hydrogens is 290 g/mol. The van der Waals surface area contributed by atoms with Crippen molar-refractivity contribution in [3.8, 4) is 0 Å². The first-order valence-electron chi connectivity index (χ1n) is 5.49. The molecule has 0 fully saturated rings. The lowest BCUT2D eigenvalue weighted by molar-refractivity contribution is 0.580. The lowest BCUT2D eigenvalue weighted by Gasteiger charge is -2.05. The van der Waals surface area contributed by atoms with Crippen molar-refractivity contribution in [1.29, 1.82) is 0 Å². The van der Waals surface area contributed by atoms with E-state index in [1.807, 2.05) is 0 Å². The minimum atomic E-state index is -3.38. The zero-order valence-corrected chi connectivity index (χ0v) is 11.4. The maximum Gasteiger partial charge on any atom is 0.215 e. The van der Waals surface area contributed by atoms with Gasteiger partial charge in [0.2, 0.25) is 10.0 Å². The van der Waals surface area contributed by atoms with Crippen molar-refractivity contribution < 1.29 is 8.42 Å². The maximum absolute atomic E-state index is 11.8. The van der Waals surface area contributed by atoms with Gasteiger partial charge < -0.3 is 0 Å². The Hall–Kier alpha value is -1.51. The summed E-state index contributed by atoms with van der Waals surface area (Å²) in [6, 6.07) is 6.68. The number of halogens is 1. The van der Waals surface area contributed by atoms with Crippen LogP contribution < -0.4 is 4.72 Å². The summed E-state index contributed by atoms with van der Waals surface area (Å²) >= 11 is 5.74. The van der Waals surface area contributed by atoms with Crippen molar-refractivity contribution in [3.05, 3.63) is 40.7 Å². The number of nitrogens with zero attached hydrogens (tertiary/aromatic N) is 3. The predicted molar refractivity (Wildman–Crippen MR) is 70.0 cm³/mol. The topological polar surface area (TPSA) is 101 Å². The van der Waals surface area contributed by atoms with Gasteiger partial charge in [-0.2, -0.15) is 5.21 Å². The van der Waals surface area contributed by atoms with E-state index < -0.39 is 10.0 Å². The number of nitrogens with one attached hydrogen (secondary N) is 2. The first-order chi connectivity index (χ1) is 9.05. The molecule has 0 aliphatic heterocycles. The summed E-state index contributed by atoms with van der Waals surface area (Å²) in [6.45, 7) is 0.232.